The summed E-state index contributed by atoms with van der Waals surface area (Å²) in [7, 11) is 0. The first-order valence-electron chi connectivity index (χ1n) is 8.86. The van der Waals surface area contributed by atoms with Crippen LogP contribution < -0.4 is 10.6 Å². The number of anilines is 2. The number of pyridine rings is 1. The molecule has 1 aromatic heterocycles. The highest BCUT2D eigenvalue weighted by Gasteiger charge is 2.15. The third kappa shape index (κ3) is 4.63. The van der Waals surface area contributed by atoms with Crippen molar-refractivity contribution in [3.8, 4) is 0 Å². The van der Waals surface area contributed by atoms with Crippen molar-refractivity contribution in [1.82, 2.24) is 4.98 Å². The lowest BCUT2D eigenvalue weighted by Gasteiger charge is -2.13. The second-order valence-electron chi connectivity index (χ2n) is 6.74. The van der Waals surface area contributed by atoms with Gasteiger partial charge in [-0.25, -0.2) is 8.78 Å². The molecule has 2 aromatic carbocycles. The predicted molar refractivity (Wildman–Crippen MR) is 107 cm³/mol. The lowest BCUT2D eigenvalue weighted by atomic mass is 10.0. The van der Waals surface area contributed by atoms with Crippen LogP contribution in [-0.2, 0) is 0 Å². The standard InChI is InChI=1S/C22H19F2N3O2/c1-12-8-13(2)20(14(3)9-12)27-21(28)15-6-7-25-19(10-15)22(29)26-18-5-4-16(23)11-17(18)24/h4-11H,1-3H3,(H,26,29)(H,27,28). The summed E-state index contributed by atoms with van der Waals surface area (Å²) in [6, 6.07) is 9.52. The number of hydrogen-bond donors (Lipinski definition) is 2. The molecule has 0 saturated carbocycles. The molecular formula is C22H19F2N3O2. The average molecular weight is 395 g/mol. The van der Waals surface area contributed by atoms with Crippen LogP contribution in [0.5, 0.6) is 0 Å². The fraction of sp³-hybridized carbons (Fsp3) is 0.136. The van der Waals surface area contributed by atoms with Gasteiger partial charge in [0.2, 0.25) is 0 Å². The fourth-order valence-corrected chi connectivity index (χ4v) is 3.04. The van der Waals surface area contributed by atoms with Crippen LogP contribution >= 0.6 is 0 Å². The zero-order chi connectivity index (χ0) is 21.1. The SMILES string of the molecule is Cc1cc(C)c(NC(=O)c2ccnc(C(=O)Nc3ccc(F)cc3F)c2)c(C)c1. The number of nitrogens with zero attached hydrogens (tertiary/aromatic N) is 1. The first kappa shape index (κ1) is 20.1. The molecule has 0 spiro atoms. The molecular weight excluding hydrogens is 376 g/mol. The van der Waals surface area contributed by atoms with Gasteiger partial charge < -0.3 is 10.6 Å². The Balaban J connectivity index is 1.80. The molecule has 0 saturated heterocycles. The fourth-order valence-electron chi connectivity index (χ4n) is 3.04. The number of rotatable bonds is 4. The number of nitrogens with one attached hydrogen (secondary N) is 2. The van der Waals surface area contributed by atoms with Crippen molar-refractivity contribution in [3.05, 3.63) is 88.2 Å². The molecule has 0 radical (unpaired) electrons. The van der Waals surface area contributed by atoms with E-state index in [-0.39, 0.29) is 16.9 Å². The smallest absolute Gasteiger partial charge is 0.274 e. The number of aryl methyl sites for hydroxylation is 3. The van der Waals surface area contributed by atoms with Gasteiger partial charge in [-0.05, 0) is 56.2 Å². The Morgan fingerprint density at radius 2 is 1.55 bits per heavy atom. The molecule has 0 bridgehead atoms. The monoisotopic (exact) mass is 395 g/mol. The van der Waals surface area contributed by atoms with Crippen LogP contribution in [0, 0.1) is 32.4 Å². The Labute approximate surface area is 166 Å². The highest BCUT2D eigenvalue weighted by molar-refractivity contribution is 6.08. The van der Waals surface area contributed by atoms with E-state index in [2.05, 4.69) is 15.6 Å². The molecule has 7 heteroatoms. The molecule has 0 aliphatic rings. The summed E-state index contributed by atoms with van der Waals surface area (Å²) in [6.07, 6.45) is 1.32. The number of carbonyl (C=O) groups excluding carboxylic acids is 2. The van der Waals surface area contributed by atoms with Crippen molar-refractivity contribution >= 4 is 23.2 Å². The maximum atomic E-state index is 13.7. The maximum absolute atomic E-state index is 13.7. The molecule has 0 atom stereocenters. The van der Waals surface area contributed by atoms with E-state index in [1.165, 1.54) is 18.3 Å². The number of halogens is 2. The summed E-state index contributed by atoms with van der Waals surface area (Å²) in [5.74, 6) is -2.77. The summed E-state index contributed by atoms with van der Waals surface area (Å²) in [4.78, 5) is 29.0. The lowest BCUT2D eigenvalue weighted by molar-refractivity contribution is 0.102. The van der Waals surface area contributed by atoms with Gasteiger partial charge >= 0.3 is 0 Å². The van der Waals surface area contributed by atoms with Gasteiger partial charge in [0, 0.05) is 23.5 Å². The second kappa shape index (κ2) is 8.18. The Bertz CT molecular complexity index is 1090. The molecule has 3 rings (SSSR count). The average Bonchev–Trinajstić information content (AvgIpc) is 2.66. The molecule has 29 heavy (non-hydrogen) atoms. The molecule has 5 nitrogen and oxygen atoms in total. The molecule has 2 amide bonds. The van der Waals surface area contributed by atoms with Crippen LogP contribution in [0.25, 0.3) is 0 Å². The van der Waals surface area contributed by atoms with E-state index >= 15 is 0 Å². The van der Waals surface area contributed by atoms with Gasteiger partial charge in [0.05, 0.1) is 5.69 Å². The molecule has 0 fully saturated rings. The van der Waals surface area contributed by atoms with Crippen molar-refractivity contribution < 1.29 is 18.4 Å². The van der Waals surface area contributed by atoms with Gasteiger partial charge in [-0.2, -0.15) is 0 Å². The number of carbonyl (C=O) groups is 2. The van der Waals surface area contributed by atoms with Gasteiger partial charge in [-0.15, -0.1) is 0 Å². The second-order valence-corrected chi connectivity index (χ2v) is 6.74. The number of amides is 2. The Kier molecular flexibility index (Phi) is 5.68. The quantitative estimate of drug-likeness (QED) is 0.667. The lowest BCUT2D eigenvalue weighted by Crippen LogP contribution is -2.18. The summed E-state index contributed by atoms with van der Waals surface area (Å²) in [5.41, 5.74) is 3.62. The minimum atomic E-state index is -0.905. The third-order valence-electron chi connectivity index (χ3n) is 4.35. The van der Waals surface area contributed by atoms with Crippen molar-refractivity contribution in [2.45, 2.75) is 20.8 Å². The maximum Gasteiger partial charge on any atom is 0.274 e. The number of benzene rings is 2. The van der Waals surface area contributed by atoms with Crippen LogP contribution in [0.2, 0.25) is 0 Å². The first-order valence-corrected chi connectivity index (χ1v) is 8.86. The van der Waals surface area contributed by atoms with Gasteiger partial charge in [-0.3, -0.25) is 14.6 Å². The van der Waals surface area contributed by atoms with Gasteiger partial charge in [0.1, 0.15) is 17.3 Å². The van der Waals surface area contributed by atoms with Crippen molar-refractivity contribution in [3.63, 3.8) is 0 Å². The van der Waals surface area contributed by atoms with E-state index < -0.39 is 23.4 Å². The van der Waals surface area contributed by atoms with E-state index in [9.17, 15) is 18.4 Å². The highest BCUT2D eigenvalue weighted by atomic mass is 19.1. The number of aromatic nitrogens is 1. The predicted octanol–water partition coefficient (Wildman–Crippen LogP) is 4.79. The molecule has 1 heterocycles. The highest BCUT2D eigenvalue weighted by Crippen LogP contribution is 2.23. The molecule has 0 unspecified atom stereocenters. The Morgan fingerprint density at radius 1 is 0.862 bits per heavy atom. The van der Waals surface area contributed by atoms with E-state index in [0.29, 0.717) is 11.8 Å². The van der Waals surface area contributed by atoms with Gasteiger partial charge in [0.25, 0.3) is 11.8 Å². The number of hydrogen-bond acceptors (Lipinski definition) is 3. The van der Waals surface area contributed by atoms with Crippen molar-refractivity contribution in [2.24, 2.45) is 0 Å². The summed E-state index contributed by atoms with van der Waals surface area (Å²) < 4.78 is 26.7. The van der Waals surface area contributed by atoms with E-state index in [0.717, 1.165) is 28.8 Å². The molecule has 2 N–H and O–H groups in total. The summed E-state index contributed by atoms with van der Waals surface area (Å²) in [6.45, 7) is 5.78. The van der Waals surface area contributed by atoms with Crippen LogP contribution in [0.15, 0.2) is 48.7 Å². The topological polar surface area (TPSA) is 71.1 Å². The third-order valence-corrected chi connectivity index (χ3v) is 4.35. The first-order chi connectivity index (χ1) is 13.7. The minimum absolute atomic E-state index is 0.0706. The molecule has 0 aliphatic heterocycles. The van der Waals surface area contributed by atoms with Crippen molar-refractivity contribution in [1.29, 1.82) is 0 Å². The summed E-state index contributed by atoms with van der Waals surface area (Å²) in [5, 5.41) is 5.17. The molecule has 3 aromatic rings. The van der Waals surface area contributed by atoms with Crippen molar-refractivity contribution in [2.75, 3.05) is 10.6 Å². The van der Waals surface area contributed by atoms with Gasteiger partial charge in [0.15, 0.2) is 0 Å². The van der Waals surface area contributed by atoms with E-state index in [1.807, 2.05) is 32.9 Å². The minimum Gasteiger partial charge on any atom is -0.322 e. The van der Waals surface area contributed by atoms with Crippen LogP contribution in [-0.4, -0.2) is 16.8 Å². The van der Waals surface area contributed by atoms with Crippen LogP contribution in [0.4, 0.5) is 20.2 Å². The van der Waals surface area contributed by atoms with Crippen LogP contribution in [0.3, 0.4) is 0 Å². The Morgan fingerprint density at radius 3 is 2.21 bits per heavy atom. The van der Waals surface area contributed by atoms with Crippen LogP contribution in [0.1, 0.15) is 37.5 Å². The Hall–Kier alpha value is -3.61. The van der Waals surface area contributed by atoms with E-state index in [4.69, 9.17) is 0 Å². The molecule has 148 valence electrons. The zero-order valence-corrected chi connectivity index (χ0v) is 16.1. The zero-order valence-electron chi connectivity index (χ0n) is 16.1. The van der Waals surface area contributed by atoms with E-state index in [1.54, 1.807) is 0 Å². The molecule has 0 aliphatic carbocycles. The largest absolute Gasteiger partial charge is 0.322 e. The summed E-state index contributed by atoms with van der Waals surface area (Å²) >= 11 is 0. The normalized spacial score (nSPS) is 10.5. The van der Waals surface area contributed by atoms with Gasteiger partial charge in [-0.1, -0.05) is 17.7 Å².